The zero-order valence-corrected chi connectivity index (χ0v) is 25.4. The molecule has 6 aromatic rings. The molecule has 8 heteroatoms. The molecule has 1 aliphatic heterocycles. The number of nitrogens with one attached hydrogen (secondary N) is 2. The fourth-order valence-corrected chi connectivity index (χ4v) is 6.61. The van der Waals surface area contributed by atoms with Crippen molar-refractivity contribution in [1.29, 1.82) is 0 Å². The van der Waals surface area contributed by atoms with E-state index in [2.05, 4.69) is 76.0 Å². The first kappa shape index (κ1) is 27.7. The van der Waals surface area contributed by atoms with E-state index in [1.165, 1.54) is 11.1 Å². The summed E-state index contributed by atoms with van der Waals surface area (Å²) in [5.41, 5.74) is 7.68. The van der Waals surface area contributed by atoms with Crippen molar-refractivity contribution >= 4 is 40.2 Å². The van der Waals surface area contributed by atoms with Gasteiger partial charge in [0.05, 0.1) is 5.57 Å². The molecule has 1 amide bonds. The molecule has 0 radical (unpaired) electrons. The van der Waals surface area contributed by atoms with Crippen molar-refractivity contribution in [2.75, 3.05) is 10.6 Å². The lowest BCUT2D eigenvalue weighted by Crippen LogP contribution is -2.31. The molecule has 3 heterocycles. The molecule has 0 saturated carbocycles. The van der Waals surface area contributed by atoms with Gasteiger partial charge >= 0.3 is 0 Å². The lowest BCUT2D eigenvalue weighted by molar-refractivity contribution is -0.113. The van der Waals surface area contributed by atoms with E-state index < -0.39 is 6.04 Å². The highest BCUT2D eigenvalue weighted by molar-refractivity contribution is 7.98. The van der Waals surface area contributed by atoms with Crippen molar-refractivity contribution in [2.45, 2.75) is 37.3 Å². The summed E-state index contributed by atoms with van der Waals surface area (Å²) >= 11 is 1.58. The molecular weight excluding hydrogens is 565 g/mol. The highest BCUT2D eigenvalue weighted by atomic mass is 32.2. The Labute approximate surface area is 260 Å². The molecule has 0 spiro atoms. The Kier molecular flexibility index (Phi) is 7.50. The van der Waals surface area contributed by atoms with Gasteiger partial charge in [-0.25, -0.2) is 4.68 Å². The number of hydrogen-bond donors (Lipinski definition) is 2. The Balaban J connectivity index is 1.33. The van der Waals surface area contributed by atoms with E-state index in [4.69, 9.17) is 10.1 Å². The van der Waals surface area contributed by atoms with Gasteiger partial charge in [-0.15, -0.1) is 5.10 Å². The summed E-state index contributed by atoms with van der Waals surface area (Å²) in [6, 6.07) is 36.5. The van der Waals surface area contributed by atoms with Gasteiger partial charge in [-0.2, -0.15) is 4.98 Å². The predicted molar refractivity (Wildman–Crippen MR) is 178 cm³/mol. The molecule has 7 nitrogen and oxygen atoms in total. The highest BCUT2D eigenvalue weighted by Crippen LogP contribution is 2.40. The number of anilines is 2. The maximum absolute atomic E-state index is 14.2. The van der Waals surface area contributed by atoms with Gasteiger partial charge in [-0.1, -0.05) is 103 Å². The Morgan fingerprint density at radius 2 is 1.61 bits per heavy atom. The van der Waals surface area contributed by atoms with E-state index in [9.17, 15) is 4.79 Å². The molecule has 1 atom stereocenters. The van der Waals surface area contributed by atoms with Crippen molar-refractivity contribution < 1.29 is 4.79 Å². The molecule has 218 valence electrons. The minimum absolute atomic E-state index is 0.176. The van der Waals surface area contributed by atoms with Crippen LogP contribution in [0.3, 0.4) is 0 Å². The number of carbonyl (C=O) groups is 1. The van der Waals surface area contributed by atoms with Crippen LogP contribution in [0.5, 0.6) is 0 Å². The highest BCUT2D eigenvalue weighted by Gasteiger charge is 2.36. The van der Waals surface area contributed by atoms with Gasteiger partial charge in [0.25, 0.3) is 5.91 Å². The SMILES string of the molecule is CC1=C(C(=O)Nc2cccc(C)c2)C(c2cn(Cc3ccccc3)c3ccccc23)n2nc(SCc3ccccc3)nc2N1. The molecule has 7 rings (SSSR count). The lowest BCUT2D eigenvalue weighted by atomic mass is 9.94. The number of amides is 1. The summed E-state index contributed by atoms with van der Waals surface area (Å²) in [6.07, 6.45) is 2.17. The Bertz CT molecular complexity index is 1990. The van der Waals surface area contributed by atoms with Gasteiger partial charge in [0.15, 0.2) is 0 Å². The molecular formula is C36H32N6OS. The summed E-state index contributed by atoms with van der Waals surface area (Å²) in [5.74, 6) is 1.19. The molecule has 4 aromatic carbocycles. The average molecular weight is 597 g/mol. The van der Waals surface area contributed by atoms with Crippen LogP contribution in [-0.2, 0) is 17.1 Å². The first-order valence-corrected chi connectivity index (χ1v) is 15.6. The molecule has 2 N–H and O–H groups in total. The van der Waals surface area contributed by atoms with Gasteiger partial charge < -0.3 is 15.2 Å². The van der Waals surface area contributed by atoms with Crippen LogP contribution in [0.4, 0.5) is 11.6 Å². The van der Waals surface area contributed by atoms with E-state index >= 15 is 0 Å². The number of benzene rings is 4. The standard InChI is InChI=1S/C36H32N6OS/c1-24-12-11-17-28(20-24)38-34(43)32-25(2)37-35-39-36(44-23-27-15-7-4-8-16-27)40-42(35)33(32)30-22-41(21-26-13-5-3-6-14-26)31-19-10-9-18-29(30)31/h3-20,22,33H,21,23H2,1-2H3,(H,38,43)(H,37,39,40). The second-order valence-electron chi connectivity index (χ2n) is 11.0. The Hall–Kier alpha value is -5.08. The largest absolute Gasteiger partial charge is 0.343 e. The number of carbonyl (C=O) groups excluding carboxylic acids is 1. The van der Waals surface area contributed by atoms with Gasteiger partial charge in [0, 0.05) is 46.3 Å². The van der Waals surface area contributed by atoms with E-state index in [-0.39, 0.29) is 5.91 Å². The minimum atomic E-state index is -0.489. The van der Waals surface area contributed by atoms with Crippen LogP contribution in [0.25, 0.3) is 10.9 Å². The van der Waals surface area contributed by atoms with Crippen LogP contribution in [-0.4, -0.2) is 25.2 Å². The number of nitrogens with zero attached hydrogens (tertiary/aromatic N) is 4. The number of fused-ring (bicyclic) bond motifs is 2. The maximum Gasteiger partial charge on any atom is 0.255 e. The van der Waals surface area contributed by atoms with Crippen molar-refractivity contribution in [2.24, 2.45) is 0 Å². The summed E-state index contributed by atoms with van der Waals surface area (Å²) in [7, 11) is 0. The summed E-state index contributed by atoms with van der Waals surface area (Å²) < 4.78 is 4.13. The van der Waals surface area contributed by atoms with Crippen molar-refractivity contribution in [3.05, 3.63) is 149 Å². The Morgan fingerprint density at radius 3 is 2.39 bits per heavy atom. The normalized spacial score (nSPS) is 14.4. The fraction of sp³-hybridized carbons (Fsp3) is 0.139. The number of rotatable bonds is 8. The average Bonchev–Trinajstić information content (AvgIpc) is 3.61. The van der Waals surface area contributed by atoms with Gasteiger partial charge in [0.2, 0.25) is 11.1 Å². The number of aryl methyl sites for hydroxylation is 1. The van der Waals surface area contributed by atoms with Crippen molar-refractivity contribution in [3.63, 3.8) is 0 Å². The van der Waals surface area contributed by atoms with Crippen molar-refractivity contribution in [1.82, 2.24) is 19.3 Å². The molecule has 0 saturated heterocycles. The van der Waals surface area contributed by atoms with Crippen LogP contribution in [0.2, 0.25) is 0 Å². The molecule has 1 aliphatic rings. The van der Waals surface area contributed by atoms with Crippen molar-refractivity contribution in [3.8, 4) is 0 Å². The molecule has 0 fully saturated rings. The molecule has 2 aromatic heterocycles. The third kappa shape index (κ3) is 5.52. The van der Waals surface area contributed by atoms with Gasteiger partial charge in [0.1, 0.15) is 6.04 Å². The first-order chi connectivity index (χ1) is 21.5. The number of para-hydroxylation sites is 1. The first-order valence-electron chi connectivity index (χ1n) is 14.6. The summed E-state index contributed by atoms with van der Waals surface area (Å²) in [4.78, 5) is 19.0. The van der Waals surface area contributed by atoms with E-state index in [0.717, 1.165) is 39.2 Å². The number of thioether (sulfide) groups is 1. The third-order valence-corrected chi connectivity index (χ3v) is 8.78. The van der Waals surface area contributed by atoms with E-state index in [1.807, 2.05) is 73.1 Å². The summed E-state index contributed by atoms with van der Waals surface area (Å²) in [6.45, 7) is 4.67. The molecule has 44 heavy (non-hydrogen) atoms. The van der Waals surface area contributed by atoms with Gasteiger partial charge in [-0.3, -0.25) is 4.79 Å². The van der Waals surface area contributed by atoms with Crippen LogP contribution >= 0.6 is 11.8 Å². The van der Waals surface area contributed by atoms with E-state index in [0.29, 0.717) is 23.2 Å². The quantitative estimate of drug-likeness (QED) is 0.175. The summed E-state index contributed by atoms with van der Waals surface area (Å²) in [5, 5.41) is 13.3. The van der Waals surface area contributed by atoms with Crippen LogP contribution < -0.4 is 10.6 Å². The second-order valence-corrected chi connectivity index (χ2v) is 12.0. The second kappa shape index (κ2) is 11.9. The topological polar surface area (TPSA) is 76.8 Å². The molecule has 1 unspecified atom stereocenters. The number of aromatic nitrogens is 4. The zero-order valence-electron chi connectivity index (χ0n) is 24.6. The molecule has 0 aliphatic carbocycles. The fourth-order valence-electron chi connectivity index (χ4n) is 5.82. The van der Waals surface area contributed by atoms with Gasteiger partial charge in [-0.05, 0) is 48.7 Å². The smallest absolute Gasteiger partial charge is 0.255 e. The van der Waals surface area contributed by atoms with Crippen LogP contribution in [0, 0.1) is 6.92 Å². The predicted octanol–water partition coefficient (Wildman–Crippen LogP) is 7.81. The third-order valence-electron chi connectivity index (χ3n) is 7.87. The number of allylic oxidation sites excluding steroid dienone is 1. The zero-order chi connectivity index (χ0) is 30.0. The Morgan fingerprint density at radius 1 is 0.886 bits per heavy atom. The number of hydrogen-bond acceptors (Lipinski definition) is 5. The van der Waals surface area contributed by atoms with Crippen LogP contribution in [0.1, 0.15) is 35.2 Å². The molecule has 0 bridgehead atoms. The van der Waals surface area contributed by atoms with E-state index in [1.54, 1.807) is 11.8 Å². The monoisotopic (exact) mass is 596 g/mol. The van der Waals surface area contributed by atoms with Crippen LogP contribution in [0.15, 0.2) is 132 Å². The minimum Gasteiger partial charge on any atom is -0.343 e. The lowest BCUT2D eigenvalue weighted by Gasteiger charge is -2.28. The maximum atomic E-state index is 14.2.